The van der Waals surface area contributed by atoms with Gasteiger partial charge in [0, 0.05) is 5.92 Å². The fraction of sp³-hybridized carbons (Fsp3) is 0.353. The van der Waals surface area contributed by atoms with Crippen molar-refractivity contribution in [2.45, 2.75) is 33.2 Å². The third-order valence-electron chi connectivity index (χ3n) is 3.43. The lowest BCUT2D eigenvalue weighted by Gasteiger charge is -2.14. The van der Waals surface area contributed by atoms with E-state index < -0.39 is 22.8 Å². The SMILES string of the molecule is CCOC(=O)c1c(O)c(C(C)C)nn(Cc2ccc(F)cc2)c1=O. The normalized spacial score (nSPS) is 10.9. The number of benzene rings is 1. The van der Waals surface area contributed by atoms with E-state index in [-0.39, 0.29) is 30.6 Å². The highest BCUT2D eigenvalue weighted by molar-refractivity contribution is 5.92. The number of hydrogen-bond donors (Lipinski definition) is 1. The molecule has 128 valence electrons. The second-order valence-corrected chi connectivity index (χ2v) is 5.57. The van der Waals surface area contributed by atoms with Crippen LogP contribution >= 0.6 is 0 Å². The Labute approximate surface area is 138 Å². The molecular weight excluding hydrogens is 315 g/mol. The van der Waals surface area contributed by atoms with Crippen molar-refractivity contribution in [1.82, 2.24) is 9.78 Å². The number of hydrogen-bond acceptors (Lipinski definition) is 5. The monoisotopic (exact) mass is 334 g/mol. The molecule has 0 aliphatic carbocycles. The van der Waals surface area contributed by atoms with E-state index in [1.807, 2.05) is 0 Å². The van der Waals surface area contributed by atoms with E-state index in [9.17, 15) is 19.1 Å². The number of carbonyl (C=O) groups excluding carboxylic acids is 1. The molecule has 1 N–H and O–H groups in total. The fourth-order valence-electron chi connectivity index (χ4n) is 2.23. The lowest BCUT2D eigenvalue weighted by atomic mass is 10.1. The average Bonchev–Trinajstić information content (AvgIpc) is 2.52. The predicted molar refractivity (Wildman–Crippen MR) is 85.7 cm³/mol. The van der Waals surface area contributed by atoms with Crippen LogP contribution in [-0.4, -0.2) is 27.5 Å². The van der Waals surface area contributed by atoms with Crippen LogP contribution in [0.15, 0.2) is 29.1 Å². The first-order chi connectivity index (χ1) is 11.3. The average molecular weight is 334 g/mol. The van der Waals surface area contributed by atoms with Gasteiger partial charge in [0.2, 0.25) is 0 Å². The number of nitrogens with zero attached hydrogens (tertiary/aromatic N) is 2. The summed E-state index contributed by atoms with van der Waals surface area (Å²) in [5.41, 5.74) is -0.321. The zero-order valence-electron chi connectivity index (χ0n) is 13.7. The van der Waals surface area contributed by atoms with E-state index in [0.29, 0.717) is 5.56 Å². The van der Waals surface area contributed by atoms with Crippen molar-refractivity contribution >= 4 is 5.97 Å². The lowest BCUT2D eigenvalue weighted by molar-refractivity contribution is 0.0519. The van der Waals surface area contributed by atoms with E-state index >= 15 is 0 Å². The molecule has 0 bridgehead atoms. The van der Waals surface area contributed by atoms with Gasteiger partial charge >= 0.3 is 5.97 Å². The summed E-state index contributed by atoms with van der Waals surface area (Å²) in [6.07, 6.45) is 0. The summed E-state index contributed by atoms with van der Waals surface area (Å²) in [5.74, 6) is -1.95. The highest BCUT2D eigenvalue weighted by Gasteiger charge is 2.25. The van der Waals surface area contributed by atoms with Crippen LogP contribution in [0.1, 0.15) is 48.3 Å². The largest absolute Gasteiger partial charge is 0.505 e. The molecule has 0 radical (unpaired) electrons. The van der Waals surface area contributed by atoms with Crippen molar-refractivity contribution in [3.05, 3.63) is 57.3 Å². The number of rotatable bonds is 5. The van der Waals surface area contributed by atoms with Crippen LogP contribution in [0, 0.1) is 5.82 Å². The summed E-state index contributed by atoms with van der Waals surface area (Å²) < 4.78 is 18.9. The standard InChI is InChI=1S/C17H19FN2O4/c1-4-24-17(23)13-15(21)14(10(2)3)19-20(16(13)22)9-11-5-7-12(18)8-6-11/h5-8,10,21H,4,9H2,1-3H3. The molecule has 0 aliphatic heterocycles. The summed E-state index contributed by atoms with van der Waals surface area (Å²) in [5, 5.41) is 14.4. The van der Waals surface area contributed by atoms with Crippen LogP contribution in [-0.2, 0) is 11.3 Å². The van der Waals surface area contributed by atoms with Crippen LogP contribution in [0.4, 0.5) is 4.39 Å². The van der Waals surface area contributed by atoms with E-state index in [2.05, 4.69) is 5.10 Å². The first-order valence-corrected chi connectivity index (χ1v) is 7.60. The second kappa shape index (κ2) is 7.25. The van der Waals surface area contributed by atoms with Crippen molar-refractivity contribution in [1.29, 1.82) is 0 Å². The van der Waals surface area contributed by atoms with Gasteiger partial charge in [-0.1, -0.05) is 26.0 Å². The fourth-order valence-corrected chi connectivity index (χ4v) is 2.23. The summed E-state index contributed by atoms with van der Waals surface area (Å²) in [6.45, 7) is 5.30. The number of carbonyl (C=O) groups is 1. The summed E-state index contributed by atoms with van der Waals surface area (Å²) >= 11 is 0. The van der Waals surface area contributed by atoms with E-state index in [1.165, 1.54) is 24.3 Å². The molecule has 0 saturated carbocycles. The molecule has 6 nitrogen and oxygen atoms in total. The molecule has 0 amide bonds. The van der Waals surface area contributed by atoms with Crippen LogP contribution in [0.25, 0.3) is 0 Å². The lowest BCUT2D eigenvalue weighted by Crippen LogP contribution is -2.31. The topological polar surface area (TPSA) is 81.4 Å². The minimum atomic E-state index is -0.892. The molecule has 24 heavy (non-hydrogen) atoms. The number of aromatic nitrogens is 2. The molecular formula is C17H19FN2O4. The van der Waals surface area contributed by atoms with Crippen molar-refractivity contribution in [3.8, 4) is 5.75 Å². The Morgan fingerprint density at radius 1 is 1.33 bits per heavy atom. The van der Waals surface area contributed by atoms with Gasteiger partial charge in [0.25, 0.3) is 5.56 Å². The maximum Gasteiger partial charge on any atom is 0.347 e. The number of esters is 1. The Bertz CT molecular complexity index is 797. The van der Waals surface area contributed by atoms with Gasteiger partial charge in [0.1, 0.15) is 11.5 Å². The van der Waals surface area contributed by atoms with Gasteiger partial charge in [0.15, 0.2) is 11.3 Å². The molecule has 0 unspecified atom stereocenters. The van der Waals surface area contributed by atoms with Gasteiger partial charge in [0.05, 0.1) is 13.2 Å². The smallest absolute Gasteiger partial charge is 0.347 e. The van der Waals surface area contributed by atoms with Gasteiger partial charge in [-0.15, -0.1) is 0 Å². The number of ether oxygens (including phenoxy) is 1. The molecule has 7 heteroatoms. The Morgan fingerprint density at radius 3 is 2.50 bits per heavy atom. The molecule has 0 fully saturated rings. The Morgan fingerprint density at radius 2 is 1.96 bits per heavy atom. The van der Waals surface area contributed by atoms with E-state index in [0.717, 1.165) is 4.68 Å². The highest BCUT2D eigenvalue weighted by atomic mass is 19.1. The van der Waals surface area contributed by atoms with Gasteiger partial charge in [-0.25, -0.2) is 13.9 Å². The third-order valence-corrected chi connectivity index (χ3v) is 3.43. The Balaban J connectivity index is 2.56. The zero-order chi connectivity index (χ0) is 17.9. The Hall–Kier alpha value is -2.70. The van der Waals surface area contributed by atoms with Crippen LogP contribution in [0.5, 0.6) is 5.75 Å². The van der Waals surface area contributed by atoms with Crippen LogP contribution in [0.3, 0.4) is 0 Å². The van der Waals surface area contributed by atoms with E-state index in [1.54, 1.807) is 20.8 Å². The minimum Gasteiger partial charge on any atom is -0.505 e. The number of aromatic hydroxyl groups is 1. The van der Waals surface area contributed by atoms with Gasteiger partial charge in [-0.3, -0.25) is 4.79 Å². The summed E-state index contributed by atoms with van der Waals surface area (Å²) in [7, 11) is 0. The number of halogens is 1. The maximum absolute atomic E-state index is 13.0. The molecule has 0 spiro atoms. The first kappa shape index (κ1) is 17.7. The van der Waals surface area contributed by atoms with Gasteiger partial charge in [-0.05, 0) is 24.6 Å². The van der Waals surface area contributed by atoms with Gasteiger partial charge in [-0.2, -0.15) is 5.10 Å². The van der Waals surface area contributed by atoms with Crippen molar-refractivity contribution in [3.63, 3.8) is 0 Å². The molecule has 0 saturated heterocycles. The highest BCUT2D eigenvalue weighted by Crippen LogP contribution is 2.25. The molecule has 0 aliphatic rings. The van der Waals surface area contributed by atoms with Crippen molar-refractivity contribution in [2.75, 3.05) is 6.61 Å². The molecule has 2 rings (SSSR count). The molecule has 2 aromatic rings. The van der Waals surface area contributed by atoms with E-state index in [4.69, 9.17) is 4.74 Å². The van der Waals surface area contributed by atoms with Gasteiger partial charge < -0.3 is 9.84 Å². The molecule has 1 aromatic heterocycles. The summed E-state index contributed by atoms with van der Waals surface area (Å²) in [6, 6.07) is 5.59. The van der Waals surface area contributed by atoms with Crippen LogP contribution in [0.2, 0.25) is 0 Å². The molecule has 1 aromatic carbocycles. The molecule has 0 atom stereocenters. The van der Waals surface area contributed by atoms with Crippen molar-refractivity contribution in [2.24, 2.45) is 0 Å². The summed E-state index contributed by atoms with van der Waals surface area (Å²) in [4.78, 5) is 24.6. The quantitative estimate of drug-likeness (QED) is 0.849. The molecule has 1 heterocycles. The first-order valence-electron chi connectivity index (χ1n) is 7.60. The van der Waals surface area contributed by atoms with Crippen LogP contribution < -0.4 is 5.56 Å². The predicted octanol–water partition coefficient (Wildman–Crippen LogP) is 2.44. The Kier molecular flexibility index (Phi) is 5.33. The zero-order valence-corrected chi connectivity index (χ0v) is 13.7. The second-order valence-electron chi connectivity index (χ2n) is 5.57. The third kappa shape index (κ3) is 3.61. The van der Waals surface area contributed by atoms with Crippen molar-refractivity contribution < 1.29 is 19.0 Å². The maximum atomic E-state index is 13.0. The minimum absolute atomic E-state index is 0.0471.